The van der Waals surface area contributed by atoms with E-state index in [1.807, 2.05) is 0 Å². The van der Waals surface area contributed by atoms with Gasteiger partial charge in [-0.25, -0.2) is 0 Å². The van der Waals surface area contributed by atoms with Crippen LogP contribution in [0.25, 0.3) is 66.0 Å². The summed E-state index contributed by atoms with van der Waals surface area (Å²) in [6.07, 6.45) is 2.18. The number of para-hydroxylation sites is 2. The zero-order valence-electron chi connectivity index (χ0n) is 35.5. The number of hydrogen-bond donors (Lipinski definition) is 0. The van der Waals surface area contributed by atoms with Crippen molar-refractivity contribution >= 4 is 32.5 Å². The van der Waals surface area contributed by atoms with Gasteiger partial charge in [0.2, 0.25) is 0 Å². The molecule has 0 saturated heterocycles. The van der Waals surface area contributed by atoms with Gasteiger partial charge in [0, 0.05) is 41.1 Å². The molecule has 6 aromatic carbocycles. The largest absolute Gasteiger partial charge is 0.364 e. The summed E-state index contributed by atoms with van der Waals surface area (Å²) in [5.74, 6) is 0.992. The molecular formula is C49H39IrN3S-2. The molecule has 3 nitrogen and oxygen atoms in total. The second kappa shape index (κ2) is 16.7. The molecule has 0 saturated carbocycles. The van der Waals surface area contributed by atoms with E-state index in [-0.39, 0.29) is 31.2 Å². The first-order chi connectivity index (χ1) is 28.4. The van der Waals surface area contributed by atoms with Crippen LogP contribution in [-0.4, -0.2) is 14.5 Å². The standard InChI is InChI=1S/C36H27N2S.C13H12N.Ir/c1-25-19-20-35-31(23-25)32(24-39-35)36-37-33-17-8-9-18-34(33)38(36)22-21-30-28(26-11-4-2-5-12-26)15-10-16-29(30)27-13-6-3-7-14-27;1-10-3-6-12(7-4-10)13-8-5-11(2)9-14-13;/h2-20,23H,21-22H2,1H3;3-6,8-9H,1-2H3;/q2*-1;/i;1D3,2D3;. The Morgan fingerprint density at radius 1 is 0.704 bits per heavy atom. The van der Waals surface area contributed by atoms with Gasteiger partial charge < -0.3 is 9.55 Å². The minimum Gasteiger partial charge on any atom is -0.364 e. The van der Waals surface area contributed by atoms with E-state index in [2.05, 4.69) is 149 Å². The molecule has 0 aliphatic rings. The molecule has 0 fully saturated rings. The molecule has 0 aliphatic heterocycles. The molecule has 5 heteroatoms. The van der Waals surface area contributed by atoms with Crippen LogP contribution < -0.4 is 0 Å². The Labute approximate surface area is 343 Å². The van der Waals surface area contributed by atoms with Crippen molar-refractivity contribution in [3.8, 4) is 44.9 Å². The Morgan fingerprint density at radius 2 is 1.39 bits per heavy atom. The van der Waals surface area contributed by atoms with Gasteiger partial charge in [0.05, 0.1) is 16.9 Å². The third kappa shape index (κ3) is 7.90. The van der Waals surface area contributed by atoms with Crippen LogP contribution in [-0.2, 0) is 33.1 Å². The Balaban J connectivity index is 0.000000220. The molecule has 3 aromatic heterocycles. The van der Waals surface area contributed by atoms with Crippen molar-refractivity contribution < 1.29 is 28.3 Å². The molecule has 267 valence electrons. The van der Waals surface area contributed by atoms with Crippen LogP contribution in [0.5, 0.6) is 0 Å². The van der Waals surface area contributed by atoms with E-state index in [4.69, 9.17) is 13.2 Å². The first kappa shape index (κ1) is 29.9. The summed E-state index contributed by atoms with van der Waals surface area (Å²) in [6.45, 7) is -1.38. The first-order valence-electron chi connectivity index (χ1n) is 20.5. The number of nitrogens with zero attached hydrogens (tertiary/aromatic N) is 3. The molecule has 0 bridgehead atoms. The molecule has 0 spiro atoms. The summed E-state index contributed by atoms with van der Waals surface area (Å²) >= 11 is 1.67. The van der Waals surface area contributed by atoms with E-state index in [9.17, 15) is 0 Å². The maximum absolute atomic E-state index is 7.28. The molecule has 1 radical (unpaired) electrons. The van der Waals surface area contributed by atoms with E-state index < -0.39 is 13.7 Å². The van der Waals surface area contributed by atoms with Gasteiger partial charge in [-0.05, 0) is 71.4 Å². The Hall–Kier alpha value is -5.45. The normalized spacial score (nSPS) is 13.0. The van der Waals surface area contributed by atoms with Crippen molar-refractivity contribution in [3.63, 3.8) is 0 Å². The molecule has 9 aromatic rings. The van der Waals surface area contributed by atoms with E-state index >= 15 is 0 Å². The minimum atomic E-state index is -2.18. The maximum atomic E-state index is 7.28. The minimum absolute atomic E-state index is 0. The maximum Gasteiger partial charge on any atom is 0.0770 e. The smallest absolute Gasteiger partial charge is 0.0770 e. The average Bonchev–Trinajstić information content (AvgIpc) is 3.84. The second-order valence-corrected chi connectivity index (χ2v) is 13.7. The van der Waals surface area contributed by atoms with Gasteiger partial charge in [-0.1, -0.05) is 143 Å². The SMILES string of the molecule is Cc1ccc2s[c-]c(-c3nc4ccccc4n3CCc3c(-c4ccccc4)cccc3-c3ccccc3)c2c1.[2H]C([2H])([2H])c1c[c-]c(-c2ccc(C([2H])([2H])[2H])cn2)cc1.[Ir]. The predicted octanol–water partition coefficient (Wildman–Crippen LogP) is 12.8. The Bertz CT molecular complexity index is 2740. The van der Waals surface area contributed by atoms with E-state index in [0.717, 1.165) is 35.4 Å². The number of hydrogen-bond acceptors (Lipinski definition) is 3. The fraction of sp³-hybridized carbons (Fsp3) is 0.102. The molecule has 54 heavy (non-hydrogen) atoms. The monoisotopic (exact) mass is 900 g/mol. The van der Waals surface area contributed by atoms with Crippen molar-refractivity contribution in [1.82, 2.24) is 14.5 Å². The van der Waals surface area contributed by atoms with Crippen LogP contribution in [0.4, 0.5) is 0 Å². The molecule has 3 heterocycles. The molecule has 0 unspecified atom stereocenters. The first-order valence-corrected chi connectivity index (χ1v) is 18.3. The number of imidazole rings is 1. The molecular weight excluding hydrogens is 855 g/mol. The van der Waals surface area contributed by atoms with Crippen LogP contribution in [0.1, 0.15) is 30.5 Å². The van der Waals surface area contributed by atoms with E-state index in [1.165, 1.54) is 67.9 Å². The molecule has 0 aliphatic carbocycles. The number of fused-ring (bicyclic) bond motifs is 2. The van der Waals surface area contributed by atoms with Gasteiger partial charge >= 0.3 is 0 Å². The average molecular weight is 900 g/mol. The number of pyridine rings is 1. The summed E-state index contributed by atoms with van der Waals surface area (Å²) in [4.78, 5) is 9.22. The predicted molar refractivity (Wildman–Crippen MR) is 223 cm³/mol. The molecule has 9 rings (SSSR count). The van der Waals surface area contributed by atoms with Gasteiger partial charge in [-0.15, -0.1) is 46.8 Å². The van der Waals surface area contributed by atoms with E-state index in [0.29, 0.717) is 11.3 Å². The molecule has 0 amide bonds. The van der Waals surface area contributed by atoms with Crippen molar-refractivity contribution in [2.24, 2.45) is 0 Å². The summed E-state index contributed by atoms with van der Waals surface area (Å²) < 4.78 is 47.3. The van der Waals surface area contributed by atoms with Gasteiger partial charge in [0.1, 0.15) is 0 Å². The van der Waals surface area contributed by atoms with Crippen LogP contribution in [0.3, 0.4) is 0 Å². The summed E-state index contributed by atoms with van der Waals surface area (Å²) in [5, 5.41) is 4.82. The number of aryl methyl sites for hydroxylation is 4. The second-order valence-electron chi connectivity index (χ2n) is 12.9. The quantitative estimate of drug-likeness (QED) is 0.149. The number of aromatic nitrogens is 3. The Morgan fingerprint density at radius 3 is 2.06 bits per heavy atom. The zero-order valence-corrected chi connectivity index (χ0v) is 32.7. The van der Waals surface area contributed by atoms with Crippen molar-refractivity contribution in [2.75, 3.05) is 0 Å². The Kier molecular flexibility index (Phi) is 9.26. The van der Waals surface area contributed by atoms with Crippen LogP contribution >= 0.6 is 11.3 Å². The van der Waals surface area contributed by atoms with Gasteiger partial charge in [0.25, 0.3) is 0 Å². The van der Waals surface area contributed by atoms with Crippen LogP contribution in [0, 0.1) is 32.1 Å². The van der Waals surface area contributed by atoms with Crippen molar-refractivity contribution in [3.05, 3.63) is 192 Å². The van der Waals surface area contributed by atoms with Crippen LogP contribution in [0.15, 0.2) is 158 Å². The third-order valence-corrected chi connectivity index (χ3v) is 10.2. The summed E-state index contributed by atoms with van der Waals surface area (Å²) in [5.41, 5.74) is 12.5. The summed E-state index contributed by atoms with van der Waals surface area (Å²) in [7, 11) is 0. The van der Waals surface area contributed by atoms with Crippen LogP contribution in [0.2, 0.25) is 0 Å². The number of thiophene rings is 1. The van der Waals surface area contributed by atoms with Crippen molar-refractivity contribution in [2.45, 2.75) is 33.6 Å². The number of benzene rings is 6. The van der Waals surface area contributed by atoms with Gasteiger partial charge in [0.15, 0.2) is 0 Å². The topological polar surface area (TPSA) is 30.7 Å². The van der Waals surface area contributed by atoms with E-state index in [1.54, 1.807) is 23.5 Å². The zero-order chi connectivity index (χ0) is 41.1. The fourth-order valence-electron chi connectivity index (χ4n) is 6.74. The molecule has 0 atom stereocenters. The van der Waals surface area contributed by atoms with Gasteiger partial charge in [-0.2, -0.15) is 0 Å². The summed E-state index contributed by atoms with van der Waals surface area (Å²) in [6, 6.07) is 53.7. The molecule has 0 N–H and O–H groups in total. The third-order valence-electron chi connectivity index (χ3n) is 9.33. The number of rotatable bonds is 7. The van der Waals surface area contributed by atoms with Gasteiger partial charge in [-0.3, -0.25) is 16.3 Å². The fourth-order valence-corrected chi connectivity index (χ4v) is 7.56. The van der Waals surface area contributed by atoms with Crippen molar-refractivity contribution in [1.29, 1.82) is 0 Å².